The smallest absolute Gasteiger partial charge is 0.240 e. The zero-order chi connectivity index (χ0) is 13.8. The number of carbonyl (C=O) groups excluding carboxylic acids is 1. The summed E-state index contributed by atoms with van der Waals surface area (Å²) in [5, 5.41) is 0. The molecule has 0 amide bonds. The molecule has 5 heteroatoms. The SMILES string of the molecule is CC(=O)CCNS(=O)(=O)c1ccc(C(C)C)cc1. The van der Waals surface area contributed by atoms with Gasteiger partial charge in [0.1, 0.15) is 5.78 Å². The normalized spacial score (nSPS) is 11.8. The molecule has 0 unspecified atom stereocenters. The maximum absolute atomic E-state index is 11.9. The summed E-state index contributed by atoms with van der Waals surface area (Å²) in [6.45, 7) is 5.68. The van der Waals surface area contributed by atoms with Crippen LogP contribution in [-0.4, -0.2) is 20.7 Å². The van der Waals surface area contributed by atoms with Gasteiger partial charge in [0.15, 0.2) is 0 Å². The molecule has 0 radical (unpaired) electrons. The second-order valence-corrected chi connectivity index (χ2v) is 6.34. The molecule has 4 nitrogen and oxygen atoms in total. The number of Topliss-reactive ketones (excluding diaryl/α,β-unsaturated/α-hetero) is 1. The average Bonchev–Trinajstić information content (AvgIpc) is 2.28. The Hall–Kier alpha value is -1.20. The lowest BCUT2D eigenvalue weighted by Crippen LogP contribution is -2.25. The standard InChI is InChI=1S/C13H19NO3S/c1-10(2)12-4-6-13(7-5-12)18(16,17)14-9-8-11(3)15/h4-7,10,14H,8-9H2,1-3H3. The summed E-state index contributed by atoms with van der Waals surface area (Å²) in [4.78, 5) is 11.0. The fourth-order valence-electron chi connectivity index (χ4n) is 1.48. The highest BCUT2D eigenvalue weighted by atomic mass is 32.2. The number of benzene rings is 1. The van der Waals surface area contributed by atoms with Crippen molar-refractivity contribution in [1.82, 2.24) is 4.72 Å². The van der Waals surface area contributed by atoms with Gasteiger partial charge in [-0.25, -0.2) is 13.1 Å². The van der Waals surface area contributed by atoms with Crippen molar-refractivity contribution in [2.45, 2.75) is 38.0 Å². The number of ketones is 1. The van der Waals surface area contributed by atoms with Crippen molar-refractivity contribution in [2.24, 2.45) is 0 Å². The van der Waals surface area contributed by atoms with Gasteiger partial charge < -0.3 is 0 Å². The summed E-state index contributed by atoms with van der Waals surface area (Å²) in [5.74, 6) is 0.334. The Kier molecular flexibility index (Phi) is 5.04. The van der Waals surface area contributed by atoms with Crippen LogP contribution in [0.2, 0.25) is 0 Å². The van der Waals surface area contributed by atoms with Gasteiger partial charge in [0.2, 0.25) is 10.0 Å². The Balaban J connectivity index is 2.76. The molecule has 0 aliphatic heterocycles. The summed E-state index contributed by atoms with van der Waals surface area (Å²) in [7, 11) is -3.50. The third-order valence-corrected chi connectivity index (χ3v) is 4.10. The molecule has 1 rings (SSSR count). The molecule has 0 fully saturated rings. The number of hydrogen-bond donors (Lipinski definition) is 1. The van der Waals surface area contributed by atoms with Gasteiger partial charge in [0.25, 0.3) is 0 Å². The van der Waals surface area contributed by atoms with Crippen LogP contribution >= 0.6 is 0 Å². The fraction of sp³-hybridized carbons (Fsp3) is 0.462. The molecule has 100 valence electrons. The van der Waals surface area contributed by atoms with Gasteiger partial charge >= 0.3 is 0 Å². The summed E-state index contributed by atoms with van der Waals surface area (Å²) in [6.07, 6.45) is 0.212. The second kappa shape index (κ2) is 6.11. The minimum absolute atomic E-state index is 0.0344. The van der Waals surface area contributed by atoms with E-state index in [0.717, 1.165) is 5.56 Å². The van der Waals surface area contributed by atoms with Crippen LogP contribution in [0.4, 0.5) is 0 Å². The van der Waals surface area contributed by atoms with E-state index in [-0.39, 0.29) is 23.6 Å². The van der Waals surface area contributed by atoms with Crippen LogP contribution < -0.4 is 4.72 Å². The molecule has 0 saturated heterocycles. The Morgan fingerprint density at radius 2 is 1.78 bits per heavy atom. The van der Waals surface area contributed by atoms with Crippen LogP contribution in [0.3, 0.4) is 0 Å². The van der Waals surface area contributed by atoms with E-state index >= 15 is 0 Å². The maximum atomic E-state index is 11.9. The van der Waals surface area contributed by atoms with E-state index in [1.165, 1.54) is 6.92 Å². The lowest BCUT2D eigenvalue weighted by molar-refractivity contribution is -0.116. The minimum Gasteiger partial charge on any atom is -0.300 e. The van der Waals surface area contributed by atoms with Crippen LogP contribution in [0.5, 0.6) is 0 Å². The summed E-state index contributed by atoms with van der Waals surface area (Å²) < 4.78 is 26.2. The highest BCUT2D eigenvalue weighted by molar-refractivity contribution is 7.89. The first-order chi connectivity index (χ1) is 8.33. The van der Waals surface area contributed by atoms with Crippen molar-refractivity contribution in [3.8, 4) is 0 Å². The zero-order valence-electron chi connectivity index (χ0n) is 10.9. The molecule has 0 saturated carbocycles. The zero-order valence-corrected chi connectivity index (χ0v) is 11.8. The molecule has 0 aromatic heterocycles. The van der Waals surface area contributed by atoms with Gasteiger partial charge in [0, 0.05) is 13.0 Å². The van der Waals surface area contributed by atoms with E-state index in [2.05, 4.69) is 18.6 Å². The van der Waals surface area contributed by atoms with Crippen molar-refractivity contribution >= 4 is 15.8 Å². The van der Waals surface area contributed by atoms with Crippen molar-refractivity contribution < 1.29 is 13.2 Å². The molecule has 0 aliphatic carbocycles. The molecule has 0 spiro atoms. The van der Waals surface area contributed by atoms with Crippen molar-refractivity contribution in [3.05, 3.63) is 29.8 Å². The van der Waals surface area contributed by atoms with Gasteiger partial charge in [-0.05, 0) is 30.5 Å². The van der Waals surface area contributed by atoms with Crippen LogP contribution in [0.25, 0.3) is 0 Å². The predicted molar refractivity (Wildman–Crippen MR) is 71.0 cm³/mol. The first-order valence-electron chi connectivity index (χ1n) is 5.92. The van der Waals surface area contributed by atoms with Crippen LogP contribution in [0.15, 0.2) is 29.2 Å². The topological polar surface area (TPSA) is 63.2 Å². The van der Waals surface area contributed by atoms with Gasteiger partial charge in [-0.1, -0.05) is 26.0 Å². The van der Waals surface area contributed by atoms with Gasteiger partial charge in [-0.2, -0.15) is 0 Å². The summed E-state index contributed by atoms with van der Waals surface area (Å²) >= 11 is 0. The third kappa shape index (κ3) is 4.23. The minimum atomic E-state index is -3.50. The Morgan fingerprint density at radius 1 is 1.22 bits per heavy atom. The summed E-state index contributed by atoms with van der Waals surface area (Å²) in [5.41, 5.74) is 1.10. The molecule has 0 aliphatic rings. The lowest BCUT2D eigenvalue weighted by Gasteiger charge is -2.08. The largest absolute Gasteiger partial charge is 0.300 e. The molecule has 18 heavy (non-hydrogen) atoms. The monoisotopic (exact) mass is 269 g/mol. The van der Waals surface area contributed by atoms with Gasteiger partial charge in [0.05, 0.1) is 4.90 Å². The van der Waals surface area contributed by atoms with E-state index in [4.69, 9.17) is 0 Å². The summed E-state index contributed by atoms with van der Waals surface area (Å²) in [6, 6.07) is 6.80. The van der Waals surface area contributed by atoms with E-state index in [1.807, 2.05) is 12.1 Å². The van der Waals surface area contributed by atoms with Crippen molar-refractivity contribution in [2.75, 3.05) is 6.54 Å². The third-order valence-electron chi connectivity index (χ3n) is 2.63. The Bertz CT molecular complexity index is 504. The van der Waals surface area contributed by atoms with E-state index in [9.17, 15) is 13.2 Å². The highest BCUT2D eigenvalue weighted by Crippen LogP contribution is 2.17. The number of hydrogen-bond acceptors (Lipinski definition) is 3. The molecule has 1 N–H and O–H groups in total. The second-order valence-electron chi connectivity index (χ2n) is 4.57. The molecule has 0 bridgehead atoms. The molecule has 1 aromatic carbocycles. The number of carbonyl (C=O) groups is 1. The molecular formula is C13H19NO3S. The predicted octanol–water partition coefficient (Wildman–Crippen LogP) is 2.07. The van der Waals surface area contributed by atoms with Crippen LogP contribution in [0, 0.1) is 0 Å². The van der Waals surface area contributed by atoms with E-state index in [0.29, 0.717) is 5.92 Å². The van der Waals surface area contributed by atoms with Crippen LogP contribution in [0.1, 0.15) is 38.7 Å². The maximum Gasteiger partial charge on any atom is 0.240 e. The average molecular weight is 269 g/mol. The molecule has 1 aromatic rings. The lowest BCUT2D eigenvalue weighted by atomic mass is 10.0. The van der Waals surface area contributed by atoms with Crippen molar-refractivity contribution in [1.29, 1.82) is 0 Å². The highest BCUT2D eigenvalue weighted by Gasteiger charge is 2.13. The molecule has 0 heterocycles. The fourth-order valence-corrected chi connectivity index (χ4v) is 2.51. The Labute approximate surface area is 108 Å². The van der Waals surface area contributed by atoms with Gasteiger partial charge in [-0.3, -0.25) is 4.79 Å². The van der Waals surface area contributed by atoms with E-state index < -0.39 is 10.0 Å². The molecular weight excluding hydrogens is 250 g/mol. The van der Waals surface area contributed by atoms with E-state index in [1.54, 1.807) is 12.1 Å². The number of nitrogens with one attached hydrogen (secondary N) is 1. The Morgan fingerprint density at radius 3 is 2.22 bits per heavy atom. The molecule has 0 atom stereocenters. The van der Waals surface area contributed by atoms with Gasteiger partial charge in [-0.15, -0.1) is 0 Å². The number of sulfonamides is 1. The quantitative estimate of drug-likeness (QED) is 0.860. The number of rotatable bonds is 6. The van der Waals surface area contributed by atoms with Crippen molar-refractivity contribution in [3.63, 3.8) is 0 Å². The van der Waals surface area contributed by atoms with Crippen LogP contribution in [-0.2, 0) is 14.8 Å². The first-order valence-corrected chi connectivity index (χ1v) is 7.40. The first kappa shape index (κ1) is 14.9.